The minimum absolute atomic E-state index is 0.374. The number of hydrogen-bond donors (Lipinski definition) is 1. The summed E-state index contributed by atoms with van der Waals surface area (Å²) in [6.45, 7) is 3.44. The standard InChI is InChI=1S/C16H19FN2O2/c1-3-7-18-10-12-8-13(17)11-19-16(12)21-15-6-4-5-14(9-15)20-2/h4-6,8-9,11,18H,3,7,10H2,1-2H3. The summed E-state index contributed by atoms with van der Waals surface area (Å²) >= 11 is 0. The number of rotatable bonds is 7. The Labute approximate surface area is 123 Å². The number of halogens is 1. The Morgan fingerprint density at radius 2 is 2.05 bits per heavy atom. The third-order valence-electron chi connectivity index (χ3n) is 2.89. The zero-order chi connectivity index (χ0) is 15.1. The van der Waals surface area contributed by atoms with Crippen LogP contribution in [-0.4, -0.2) is 18.6 Å². The van der Waals surface area contributed by atoms with Gasteiger partial charge in [-0.2, -0.15) is 0 Å². The van der Waals surface area contributed by atoms with E-state index in [0.717, 1.165) is 19.2 Å². The molecule has 0 aliphatic carbocycles. The molecule has 0 fully saturated rings. The Morgan fingerprint density at radius 1 is 1.24 bits per heavy atom. The van der Waals surface area contributed by atoms with E-state index < -0.39 is 0 Å². The number of hydrogen-bond acceptors (Lipinski definition) is 4. The van der Waals surface area contributed by atoms with Crippen molar-refractivity contribution in [1.82, 2.24) is 10.3 Å². The number of aromatic nitrogens is 1. The molecule has 4 nitrogen and oxygen atoms in total. The third kappa shape index (κ3) is 4.43. The predicted octanol–water partition coefficient (Wildman–Crippen LogP) is 3.52. The summed E-state index contributed by atoms with van der Waals surface area (Å²) in [7, 11) is 1.59. The molecule has 2 aromatic rings. The number of nitrogens with zero attached hydrogens (tertiary/aromatic N) is 1. The van der Waals surface area contributed by atoms with Crippen LogP contribution < -0.4 is 14.8 Å². The molecule has 0 bridgehead atoms. The number of nitrogens with one attached hydrogen (secondary N) is 1. The number of pyridine rings is 1. The van der Waals surface area contributed by atoms with E-state index in [-0.39, 0.29) is 5.82 Å². The summed E-state index contributed by atoms with van der Waals surface area (Å²) in [5.74, 6) is 1.32. The summed E-state index contributed by atoms with van der Waals surface area (Å²) in [6, 6.07) is 8.65. The van der Waals surface area contributed by atoms with Gasteiger partial charge in [0.1, 0.15) is 17.3 Å². The number of ether oxygens (including phenoxy) is 2. The molecule has 1 aromatic carbocycles. The fraction of sp³-hybridized carbons (Fsp3) is 0.312. The summed E-state index contributed by atoms with van der Waals surface area (Å²) in [6.07, 6.45) is 2.16. The predicted molar refractivity (Wildman–Crippen MR) is 79.3 cm³/mol. The zero-order valence-corrected chi connectivity index (χ0v) is 12.2. The summed E-state index contributed by atoms with van der Waals surface area (Å²) < 4.78 is 24.2. The van der Waals surface area contributed by atoms with Gasteiger partial charge in [0.2, 0.25) is 5.88 Å². The first-order chi connectivity index (χ1) is 10.2. The van der Waals surface area contributed by atoms with Crippen LogP contribution in [0.4, 0.5) is 4.39 Å². The van der Waals surface area contributed by atoms with Crippen molar-refractivity contribution in [3.63, 3.8) is 0 Å². The van der Waals surface area contributed by atoms with Gasteiger partial charge in [-0.05, 0) is 31.2 Å². The molecule has 112 valence electrons. The molecule has 5 heteroatoms. The van der Waals surface area contributed by atoms with Gasteiger partial charge < -0.3 is 14.8 Å². The number of benzene rings is 1. The Kier molecular flexibility index (Phi) is 5.51. The monoisotopic (exact) mass is 290 g/mol. The molecule has 0 aliphatic rings. The van der Waals surface area contributed by atoms with Crippen molar-refractivity contribution in [2.45, 2.75) is 19.9 Å². The van der Waals surface area contributed by atoms with Crippen molar-refractivity contribution in [2.75, 3.05) is 13.7 Å². The third-order valence-corrected chi connectivity index (χ3v) is 2.89. The van der Waals surface area contributed by atoms with E-state index in [9.17, 15) is 4.39 Å². The smallest absolute Gasteiger partial charge is 0.223 e. The lowest BCUT2D eigenvalue weighted by Gasteiger charge is -2.11. The van der Waals surface area contributed by atoms with Crippen LogP contribution in [0.1, 0.15) is 18.9 Å². The lowest BCUT2D eigenvalue weighted by molar-refractivity contribution is 0.406. The highest BCUT2D eigenvalue weighted by molar-refractivity contribution is 5.37. The Balaban J connectivity index is 2.17. The van der Waals surface area contributed by atoms with Crippen molar-refractivity contribution in [3.05, 3.63) is 47.9 Å². The van der Waals surface area contributed by atoms with Gasteiger partial charge in [0.15, 0.2) is 0 Å². The van der Waals surface area contributed by atoms with Gasteiger partial charge in [-0.1, -0.05) is 13.0 Å². The molecule has 1 N–H and O–H groups in total. The Morgan fingerprint density at radius 3 is 2.81 bits per heavy atom. The molecule has 1 aromatic heterocycles. The molecule has 0 spiro atoms. The van der Waals surface area contributed by atoms with Crippen molar-refractivity contribution in [1.29, 1.82) is 0 Å². The second-order valence-corrected chi connectivity index (χ2v) is 4.58. The van der Waals surface area contributed by atoms with Crippen LogP contribution in [0.5, 0.6) is 17.4 Å². The maximum Gasteiger partial charge on any atom is 0.223 e. The summed E-state index contributed by atoms with van der Waals surface area (Å²) in [4.78, 5) is 4.03. The van der Waals surface area contributed by atoms with E-state index in [0.29, 0.717) is 29.5 Å². The van der Waals surface area contributed by atoms with Crippen LogP contribution in [0.15, 0.2) is 36.5 Å². The van der Waals surface area contributed by atoms with Crippen LogP contribution in [0, 0.1) is 5.82 Å². The normalized spacial score (nSPS) is 10.4. The average Bonchev–Trinajstić information content (AvgIpc) is 2.50. The van der Waals surface area contributed by atoms with Crippen LogP contribution >= 0.6 is 0 Å². The Hall–Kier alpha value is -2.14. The van der Waals surface area contributed by atoms with Gasteiger partial charge in [0.25, 0.3) is 0 Å². The van der Waals surface area contributed by atoms with Crippen LogP contribution in [0.3, 0.4) is 0 Å². The van der Waals surface area contributed by atoms with Gasteiger partial charge in [0.05, 0.1) is 13.3 Å². The van der Waals surface area contributed by atoms with Crippen molar-refractivity contribution >= 4 is 0 Å². The lowest BCUT2D eigenvalue weighted by Crippen LogP contribution is -2.15. The van der Waals surface area contributed by atoms with E-state index in [1.807, 2.05) is 12.1 Å². The molecule has 1 heterocycles. The van der Waals surface area contributed by atoms with Gasteiger partial charge in [0, 0.05) is 18.2 Å². The molecule has 0 amide bonds. The molecule has 0 aliphatic heterocycles. The Bertz CT molecular complexity index is 590. The SMILES string of the molecule is CCCNCc1cc(F)cnc1Oc1cccc(OC)c1. The molecule has 0 atom stereocenters. The summed E-state index contributed by atoms with van der Waals surface area (Å²) in [5, 5.41) is 3.22. The topological polar surface area (TPSA) is 43.4 Å². The van der Waals surface area contributed by atoms with E-state index in [1.165, 1.54) is 6.07 Å². The minimum Gasteiger partial charge on any atom is -0.497 e. The molecule has 0 radical (unpaired) electrons. The van der Waals surface area contributed by atoms with Gasteiger partial charge in [-0.25, -0.2) is 9.37 Å². The highest BCUT2D eigenvalue weighted by Gasteiger charge is 2.09. The van der Waals surface area contributed by atoms with Gasteiger partial charge in [-0.3, -0.25) is 0 Å². The molecular weight excluding hydrogens is 271 g/mol. The first kappa shape index (κ1) is 15.3. The molecule has 21 heavy (non-hydrogen) atoms. The van der Waals surface area contributed by atoms with Crippen LogP contribution in [0.25, 0.3) is 0 Å². The second kappa shape index (κ2) is 7.59. The van der Waals surface area contributed by atoms with Crippen molar-refractivity contribution < 1.29 is 13.9 Å². The van der Waals surface area contributed by atoms with E-state index >= 15 is 0 Å². The van der Waals surface area contributed by atoms with Crippen molar-refractivity contribution in [3.8, 4) is 17.4 Å². The molecule has 2 rings (SSSR count). The summed E-state index contributed by atoms with van der Waals surface area (Å²) in [5.41, 5.74) is 0.686. The second-order valence-electron chi connectivity index (χ2n) is 4.58. The molecule has 0 saturated heterocycles. The first-order valence-electron chi connectivity index (χ1n) is 6.90. The van der Waals surface area contributed by atoms with E-state index in [4.69, 9.17) is 9.47 Å². The van der Waals surface area contributed by atoms with Crippen LogP contribution in [0.2, 0.25) is 0 Å². The highest BCUT2D eigenvalue weighted by atomic mass is 19.1. The van der Waals surface area contributed by atoms with E-state index in [1.54, 1.807) is 19.2 Å². The zero-order valence-electron chi connectivity index (χ0n) is 12.2. The van der Waals surface area contributed by atoms with Gasteiger partial charge in [-0.15, -0.1) is 0 Å². The van der Waals surface area contributed by atoms with E-state index in [2.05, 4.69) is 17.2 Å². The van der Waals surface area contributed by atoms with Crippen molar-refractivity contribution in [2.24, 2.45) is 0 Å². The fourth-order valence-corrected chi connectivity index (χ4v) is 1.86. The fourth-order valence-electron chi connectivity index (χ4n) is 1.86. The molecule has 0 unspecified atom stereocenters. The average molecular weight is 290 g/mol. The number of methoxy groups -OCH3 is 1. The minimum atomic E-state index is -0.374. The lowest BCUT2D eigenvalue weighted by atomic mass is 10.2. The van der Waals surface area contributed by atoms with Crippen LogP contribution in [-0.2, 0) is 6.54 Å². The first-order valence-corrected chi connectivity index (χ1v) is 6.90. The maximum absolute atomic E-state index is 13.3. The van der Waals surface area contributed by atoms with Gasteiger partial charge >= 0.3 is 0 Å². The quantitative estimate of drug-likeness (QED) is 0.792. The highest BCUT2D eigenvalue weighted by Crippen LogP contribution is 2.26. The molecule has 0 saturated carbocycles. The maximum atomic E-state index is 13.3. The molecular formula is C16H19FN2O2. The largest absolute Gasteiger partial charge is 0.497 e.